The number of aromatic amines is 1. The average molecular weight is 145 g/mol. The topological polar surface area (TPSA) is 52.5 Å². The standard InChI is InChI=1S/C8H7N3/c9-4-6-2-1-3-8-7(6)5-10-11-8/h2,5H,1,3H2,(H,10,11). The highest BCUT2D eigenvalue weighted by Gasteiger charge is 2.12. The zero-order valence-electron chi connectivity index (χ0n) is 5.96. The van der Waals surface area contributed by atoms with Gasteiger partial charge in [0.2, 0.25) is 0 Å². The van der Waals surface area contributed by atoms with Gasteiger partial charge >= 0.3 is 0 Å². The van der Waals surface area contributed by atoms with E-state index in [0.717, 1.165) is 29.7 Å². The zero-order chi connectivity index (χ0) is 7.68. The molecule has 1 aromatic rings. The van der Waals surface area contributed by atoms with E-state index in [9.17, 15) is 0 Å². The Morgan fingerprint density at radius 2 is 2.55 bits per heavy atom. The third-order valence-electron chi connectivity index (χ3n) is 1.87. The number of allylic oxidation sites excluding steroid dienone is 2. The first-order valence-electron chi connectivity index (χ1n) is 3.54. The number of hydrogen-bond acceptors (Lipinski definition) is 2. The predicted octanol–water partition coefficient (Wildman–Crippen LogP) is 1.26. The monoisotopic (exact) mass is 145 g/mol. The van der Waals surface area contributed by atoms with Crippen LogP contribution in [0, 0.1) is 11.3 Å². The van der Waals surface area contributed by atoms with E-state index in [0.29, 0.717) is 0 Å². The maximum absolute atomic E-state index is 8.70. The van der Waals surface area contributed by atoms with Crippen molar-refractivity contribution in [3.63, 3.8) is 0 Å². The summed E-state index contributed by atoms with van der Waals surface area (Å²) >= 11 is 0. The molecule has 0 aromatic carbocycles. The highest BCUT2D eigenvalue weighted by molar-refractivity contribution is 5.78. The van der Waals surface area contributed by atoms with Crippen LogP contribution in [0.25, 0.3) is 5.57 Å². The fraction of sp³-hybridized carbons (Fsp3) is 0.250. The van der Waals surface area contributed by atoms with Crippen molar-refractivity contribution < 1.29 is 0 Å². The highest BCUT2D eigenvalue weighted by atomic mass is 15.1. The van der Waals surface area contributed by atoms with Crippen molar-refractivity contribution >= 4 is 5.57 Å². The maximum atomic E-state index is 8.70. The molecule has 0 spiro atoms. The fourth-order valence-corrected chi connectivity index (χ4v) is 1.31. The second-order valence-electron chi connectivity index (χ2n) is 2.53. The van der Waals surface area contributed by atoms with Gasteiger partial charge in [-0.3, -0.25) is 5.10 Å². The summed E-state index contributed by atoms with van der Waals surface area (Å²) < 4.78 is 0. The molecule has 0 fully saturated rings. The fourth-order valence-electron chi connectivity index (χ4n) is 1.31. The third-order valence-corrected chi connectivity index (χ3v) is 1.87. The normalized spacial score (nSPS) is 15.0. The van der Waals surface area contributed by atoms with Gasteiger partial charge in [0.25, 0.3) is 0 Å². The van der Waals surface area contributed by atoms with Crippen molar-refractivity contribution in [1.82, 2.24) is 10.2 Å². The van der Waals surface area contributed by atoms with Crippen LogP contribution < -0.4 is 0 Å². The Labute approximate surface area is 64.4 Å². The summed E-state index contributed by atoms with van der Waals surface area (Å²) in [4.78, 5) is 0. The third kappa shape index (κ3) is 0.838. The number of nitriles is 1. The summed E-state index contributed by atoms with van der Waals surface area (Å²) in [6, 6.07) is 2.15. The van der Waals surface area contributed by atoms with Crippen molar-refractivity contribution in [2.45, 2.75) is 12.8 Å². The molecule has 3 nitrogen and oxygen atoms in total. The summed E-state index contributed by atoms with van der Waals surface area (Å²) in [5.41, 5.74) is 2.81. The molecule has 1 aliphatic rings. The Kier molecular flexibility index (Phi) is 1.26. The van der Waals surface area contributed by atoms with Crippen LogP contribution in [0.15, 0.2) is 12.3 Å². The first-order chi connectivity index (χ1) is 5.42. The number of H-pyrrole nitrogens is 1. The molecule has 1 aliphatic carbocycles. The van der Waals surface area contributed by atoms with E-state index >= 15 is 0 Å². The largest absolute Gasteiger partial charge is 0.282 e. The van der Waals surface area contributed by atoms with Gasteiger partial charge in [-0.05, 0) is 12.8 Å². The molecule has 0 amide bonds. The summed E-state index contributed by atoms with van der Waals surface area (Å²) in [6.07, 6.45) is 5.58. The van der Waals surface area contributed by atoms with E-state index in [2.05, 4.69) is 16.3 Å². The van der Waals surface area contributed by atoms with E-state index < -0.39 is 0 Å². The van der Waals surface area contributed by atoms with Crippen LogP contribution in [0.3, 0.4) is 0 Å². The number of aromatic nitrogens is 2. The van der Waals surface area contributed by atoms with Crippen LogP contribution in [0.1, 0.15) is 17.7 Å². The molecular formula is C8H7N3. The molecule has 0 radical (unpaired) electrons. The number of fused-ring (bicyclic) bond motifs is 1. The van der Waals surface area contributed by atoms with Crippen LogP contribution >= 0.6 is 0 Å². The van der Waals surface area contributed by atoms with Crippen LogP contribution in [-0.4, -0.2) is 10.2 Å². The lowest BCUT2D eigenvalue weighted by molar-refractivity contribution is 0.904. The second kappa shape index (κ2) is 2.24. The van der Waals surface area contributed by atoms with Crippen molar-refractivity contribution in [2.24, 2.45) is 0 Å². The summed E-state index contributed by atoms with van der Waals surface area (Å²) in [5.74, 6) is 0. The molecular weight excluding hydrogens is 138 g/mol. The average Bonchev–Trinajstić information content (AvgIpc) is 2.50. The molecule has 0 saturated carbocycles. The summed E-state index contributed by atoms with van der Waals surface area (Å²) in [7, 11) is 0. The number of nitrogens with one attached hydrogen (secondary N) is 1. The smallest absolute Gasteiger partial charge is 0.0995 e. The summed E-state index contributed by atoms with van der Waals surface area (Å²) in [6.45, 7) is 0. The highest BCUT2D eigenvalue weighted by Crippen LogP contribution is 2.23. The van der Waals surface area contributed by atoms with E-state index in [1.807, 2.05) is 6.08 Å². The van der Waals surface area contributed by atoms with Gasteiger partial charge in [-0.25, -0.2) is 0 Å². The van der Waals surface area contributed by atoms with E-state index in [4.69, 9.17) is 5.26 Å². The first kappa shape index (κ1) is 6.17. The summed E-state index contributed by atoms with van der Waals surface area (Å²) in [5, 5.41) is 15.5. The number of hydrogen-bond donors (Lipinski definition) is 1. The van der Waals surface area contributed by atoms with Gasteiger partial charge in [-0.2, -0.15) is 10.4 Å². The molecule has 54 valence electrons. The molecule has 0 unspecified atom stereocenters. The van der Waals surface area contributed by atoms with Gasteiger partial charge < -0.3 is 0 Å². The minimum absolute atomic E-state index is 0.750. The van der Waals surface area contributed by atoms with Crippen LogP contribution in [-0.2, 0) is 6.42 Å². The van der Waals surface area contributed by atoms with Gasteiger partial charge in [0, 0.05) is 11.3 Å². The number of nitrogens with zero attached hydrogens (tertiary/aromatic N) is 2. The van der Waals surface area contributed by atoms with Gasteiger partial charge in [-0.1, -0.05) is 6.08 Å². The Morgan fingerprint density at radius 1 is 1.64 bits per heavy atom. The van der Waals surface area contributed by atoms with Crippen LogP contribution in [0.4, 0.5) is 0 Å². The van der Waals surface area contributed by atoms with Crippen molar-refractivity contribution in [3.05, 3.63) is 23.5 Å². The molecule has 0 bridgehead atoms. The minimum Gasteiger partial charge on any atom is -0.282 e. The molecule has 1 aromatic heterocycles. The number of aryl methyl sites for hydroxylation is 1. The number of rotatable bonds is 0. The Hall–Kier alpha value is -1.56. The molecule has 0 atom stereocenters. The molecule has 0 saturated heterocycles. The van der Waals surface area contributed by atoms with E-state index in [-0.39, 0.29) is 0 Å². The van der Waals surface area contributed by atoms with Gasteiger partial charge in [0.05, 0.1) is 17.8 Å². The molecule has 3 heteroatoms. The molecule has 2 rings (SSSR count). The maximum Gasteiger partial charge on any atom is 0.0995 e. The van der Waals surface area contributed by atoms with Gasteiger partial charge in [-0.15, -0.1) is 0 Å². The zero-order valence-corrected chi connectivity index (χ0v) is 5.96. The van der Waals surface area contributed by atoms with Crippen LogP contribution in [0.5, 0.6) is 0 Å². The quantitative estimate of drug-likeness (QED) is 0.597. The lowest BCUT2D eigenvalue weighted by atomic mass is 9.98. The predicted molar refractivity (Wildman–Crippen MR) is 40.5 cm³/mol. The van der Waals surface area contributed by atoms with E-state index in [1.165, 1.54) is 0 Å². The van der Waals surface area contributed by atoms with Gasteiger partial charge in [0.1, 0.15) is 0 Å². The van der Waals surface area contributed by atoms with Gasteiger partial charge in [0.15, 0.2) is 0 Å². The molecule has 0 aliphatic heterocycles. The second-order valence-corrected chi connectivity index (χ2v) is 2.53. The lowest BCUT2D eigenvalue weighted by Crippen LogP contribution is -1.95. The van der Waals surface area contributed by atoms with Crippen molar-refractivity contribution in [2.75, 3.05) is 0 Å². The van der Waals surface area contributed by atoms with E-state index in [1.54, 1.807) is 6.20 Å². The Bertz CT molecular complexity index is 340. The Balaban J connectivity index is 2.55. The van der Waals surface area contributed by atoms with Crippen molar-refractivity contribution in [3.8, 4) is 6.07 Å². The lowest BCUT2D eigenvalue weighted by Gasteiger charge is -2.05. The van der Waals surface area contributed by atoms with Crippen molar-refractivity contribution in [1.29, 1.82) is 5.26 Å². The minimum atomic E-state index is 0.750. The molecule has 1 heterocycles. The van der Waals surface area contributed by atoms with Crippen LogP contribution in [0.2, 0.25) is 0 Å². The first-order valence-corrected chi connectivity index (χ1v) is 3.54. The SMILES string of the molecule is N#CC1=CCCc2[nH]ncc21. The molecule has 11 heavy (non-hydrogen) atoms. The molecule has 1 N–H and O–H groups in total. The Morgan fingerprint density at radius 3 is 3.36 bits per heavy atom.